The number of amides is 1. The maximum absolute atomic E-state index is 14.5. The van der Waals surface area contributed by atoms with E-state index in [1.165, 1.54) is 48.2 Å². The molecule has 2 heterocycles. The average molecular weight is 1080 g/mol. The van der Waals surface area contributed by atoms with Crippen LogP contribution in [0.25, 0.3) is 11.1 Å². The first-order valence-corrected chi connectivity index (χ1v) is 25.0. The number of alkyl halides is 3. The summed E-state index contributed by atoms with van der Waals surface area (Å²) in [6, 6.07) is 29.8. The molecule has 8 atom stereocenters. The van der Waals surface area contributed by atoms with Gasteiger partial charge in [-0.25, -0.2) is 4.39 Å². The quantitative estimate of drug-likeness (QED) is 0.0189. The van der Waals surface area contributed by atoms with Gasteiger partial charge in [0.2, 0.25) is 5.91 Å². The van der Waals surface area contributed by atoms with Crippen LogP contribution in [-0.4, -0.2) is 80.7 Å². The maximum atomic E-state index is 14.5. The van der Waals surface area contributed by atoms with Gasteiger partial charge in [-0.2, -0.15) is 21.6 Å². The number of carbonyl (C=O) groups excluding carboxylic acids is 6. The molecule has 0 saturated carbocycles. The van der Waals surface area contributed by atoms with Crippen LogP contribution in [0.5, 0.6) is 11.5 Å². The Labute approximate surface area is 434 Å². The molecule has 0 spiro atoms. The van der Waals surface area contributed by atoms with Crippen LogP contribution in [0.4, 0.5) is 23.2 Å². The van der Waals surface area contributed by atoms with E-state index in [0.29, 0.717) is 27.8 Å². The minimum Gasteiger partial charge on any atom is -0.489 e. The number of ether oxygens (including phenoxy) is 7. The number of carbonyl (C=O) groups is 6. The SMILES string of the molecule is CC(=O)OC[C@H]1OC(c2cccc(-c3ccc([C@@H]4[C@@H](CC[C@H](OC(C)=O)c5ccc(F)cc5)C(=O)N4c4ccc(OS(=O)(=O)C(F)(F)F)cc4)c(OCc4ccccc4)c3)c2)[C@H](OC(C)=O)[C@@H](OC(C)=O)[C@@H]1OC(C)=O. The first kappa shape index (κ1) is 55.9. The molecule has 2 aliphatic rings. The lowest BCUT2D eigenvalue weighted by Gasteiger charge is -2.48. The molecule has 7 rings (SSSR count). The molecule has 402 valence electrons. The summed E-state index contributed by atoms with van der Waals surface area (Å²) in [5, 5.41) is 0. The van der Waals surface area contributed by atoms with E-state index in [0.717, 1.165) is 45.4 Å². The van der Waals surface area contributed by atoms with Gasteiger partial charge in [-0.05, 0) is 89.2 Å². The van der Waals surface area contributed by atoms with Crippen LogP contribution in [-0.2, 0) is 73.9 Å². The van der Waals surface area contributed by atoms with Gasteiger partial charge in [-0.15, -0.1) is 0 Å². The lowest BCUT2D eigenvalue weighted by Crippen LogP contribution is -2.59. The minimum atomic E-state index is -6.03. The van der Waals surface area contributed by atoms with E-state index in [-0.39, 0.29) is 30.9 Å². The Bertz CT molecular complexity index is 3050. The van der Waals surface area contributed by atoms with Gasteiger partial charge in [0.1, 0.15) is 48.8 Å². The number of esters is 5. The molecule has 17 nitrogen and oxygen atoms in total. The highest BCUT2D eigenvalue weighted by atomic mass is 32.2. The second-order valence-electron chi connectivity index (χ2n) is 17.7. The van der Waals surface area contributed by atoms with Gasteiger partial charge in [0.25, 0.3) is 0 Å². The Kier molecular flexibility index (Phi) is 17.5. The maximum Gasteiger partial charge on any atom is 0.534 e. The van der Waals surface area contributed by atoms with Gasteiger partial charge in [0.15, 0.2) is 18.3 Å². The van der Waals surface area contributed by atoms with E-state index >= 15 is 0 Å². The largest absolute Gasteiger partial charge is 0.534 e. The normalized spacial score (nSPS) is 20.8. The molecule has 2 aliphatic heterocycles. The van der Waals surface area contributed by atoms with Gasteiger partial charge in [0, 0.05) is 45.9 Å². The molecule has 76 heavy (non-hydrogen) atoms. The summed E-state index contributed by atoms with van der Waals surface area (Å²) in [7, 11) is -6.03. The first-order valence-electron chi connectivity index (χ1n) is 23.6. The van der Waals surface area contributed by atoms with Gasteiger partial charge in [-0.3, -0.25) is 28.8 Å². The molecular formula is C54H51F4NO16S. The smallest absolute Gasteiger partial charge is 0.489 e. The standard InChI is InChI=1S/C54H51F4NO16S/c1-30(60)68-29-47-50(71-32(3)62)52(73-34(5)64)51(72-33(4)63)49(74-47)39-13-9-12-37(26-39)38-16-23-43(46(27-38)69-28-35-10-7-6-8-11-35)48-44(24-25-45(70-31(2)61)36-14-17-40(55)18-15-36)53(65)59(48)41-19-21-42(22-20-41)75-76(66,67)54(56,57)58/h6-23,26-27,44-45,47-52H,24-25,28-29H2,1-5H3/t44-,45+,47-,48-,49?,50-,51+,52+/m1/s1. The van der Waals surface area contributed by atoms with Crippen molar-refractivity contribution in [2.24, 2.45) is 5.92 Å². The van der Waals surface area contributed by atoms with Crippen LogP contribution in [0.3, 0.4) is 0 Å². The summed E-state index contributed by atoms with van der Waals surface area (Å²) in [5.74, 6) is -5.98. The lowest BCUT2D eigenvalue weighted by molar-refractivity contribution is -0.254. The van der Waals surface area contributed by atoms with E-state index in [4.69, 9.17) is 33.2 Å². The van der Waals surface area contributed by atoms with Crippen LogP contribution >= 0.6 is 0 Å². The topological polar surface area (TPSA) is 214 Å². The van der Waals surface area contributed by atoms with Crippen molar-refractivity contribution in [2.75, 3.05) is 11.5 Å². The van der Waals surface area contributed by atoms with Crippen molar-refractivity contribution < 1.29 is 92.1 Å². The number of halogens is 4. The predicted octanol–water partition coefficient (Wildman–Crippen LogP) is 8.89. The summed E-state index contributed by atoms with van der Waals surface area (Å²) < 4.78 is 123. The first-order chi connectivity index (χ1) is 36.0. The summed E-state index contributed by atoms with van der Waals surface area (Å²) in [5.41, 5.74) is -2.45. The number of β-lactam (4-membered cyclic amide) rings is 1. The van der Waals surface area contributed by atoms with Crippen LogP contribution in [0.15, 0.2) is 121 Å². The number of anilines is 1. The number of benzene rings is 5. The Morgan fingerprint density at radius 2 is 1.33 bits per heavy atom. The molecule has 0 aromatic heterocycles. The molecule has 5 aromatic carbocycles. The molecule has 1 unspecified atom stereocenters. The van der Waals surface area contributed by atoms with E-state index in [2.05, 4.69) is 4.18 Å². The lowest BCUT2D eigenvalue weighted by atomic mass is 9.77. The fraction of sp³-hybridized carbons (Fsp3) is 0.333. The van der Waals surface area contributed by atoms with Crippen molar-refractivity contribution in [1.82, 2.24) is 0 Å². The van der Waals surface area contributed by atoms with E-state index in [1.807, 2.05) is 30.3 Å². The van der Waals surface area contributed by atoms with Crippen LogP contribution in [0, 0.1) is 11.7 Å². The summed E-state index contributed by atoms with van der Waals surface area (Å²) in [4.78, 5) is 77.7. The second kappa shape index (κ2) is 23.8. The molecule has 1 amide bonds. The highest BCUT2D eigenvalue weighted by molar-refractivity contribution is 7.88. The molecule has 2 saturated heterocycles. The fourth-order valence-electron chi connectivity index (χ4n) is 9.02. The number of nitrogens with zero attached hydrogens (tertiary/aromatic N) is 1. The zero-order chi connectivity index (χ0) is 55.1. The van der Waals surface area contributed by atoms with E-state index in [1.54, 1.807) is 42.5 Å². The molecule has 5 aromatic rings. The molecule has 0 radical (unpaired) electrons. The van der Waals surface area contributed by atoms with Crippen molar-refractivity contribution in [1.29, 1.82) is 0 Å². The van der Waals surface area contributed by atoms with Gasteiger partial charge in [0.05, 0.1) is 12.0 Å². The average Bonchev–Trinajstić information content (AvgIpc) is 3.41. The molecule has 0 bridgehead atoms. The summed E-state index contributed by atoms with van der Waals surface area (Å²) >= 11 is 0. The zero-order valence-corrected chi connectivity index (χ0v) is 42.2. The molecular weight excluding hydrogens is 1030 g/mol. The van der Waals surface area contributed by atoms with Crippen LogP contribution in [0.1, 0.15) is 88.0 Å². The Morgan fingerprint density at radius 1 is 0.697 bits per heavy atom. The highest BCUT2D eigenvalue weighted by Crippen LogP contribution is 2.50. The minimum absolute atomic E-state index is 0.0201. The monoisotopic (exact) mass is 1080 g/mol. The third-order valence-electron chi connectivity index (χ3n) is 12.2. The van der Waals surface area contributed by atoms with Gasteiger partial charge in [-0.1, -0.05) is 72.8 Å². The van der Waals surface area contributed by atoms with Crippen LogP contribution in [0.2, 0.25) is 0 Å². The van der Waals surface area contributed by atoms with Crippen LogP contribution < -0.4 is 13.8 Å². The number of hydrogen-bond donors (Lipinski definition) is 0. The van der Waals surface area contributed by atoms with Gasteiger partial charge >= 0.3 is 45.5 Å². The second-order valence-corrected chi connectivity index (χ2v) is 19.3. The van der Waals surface area contributed by atoms with Gasteiger partial charge < -0.3 is 42.2 Å². The zero-order valence-electron chi connectivity index (χ0n) is 41.4. The van der Waals surface area contributed by atoms with Crippen molar-refractivity contribution >= 4 is 51.6 Å². The van der Waals surface area contributed by atoms with Crippen molar-refractivity contribution in [2.45, 2.75) is 102 Å². The summed E-state index contributed by atoms with van der Waals surface area (Å²) in [6.07, 6.45) is -7.43. The van der Waals surface area contributed by atoms with E-state index in [9.17, 15) is 54.7 Å². The van der Waals surface area contributed by atoms with Crippen molar-refractivity contribution in [3.05, 3.63) is 149 Å². The Morgan fingerprint density at radius 3 is 1.95 bits per heavy atom. The molecule has 2 fully saturated rings. The van der Waals surface area contributed by atoms with Crippen molar-refractivity contribution in [3.8, 4) is 22.6 Å². The van der Waals surface area contributed by atoms with Crippen molar-refractivity contribution in [3.63, 3.8) is 0 Å². The Hall–Kier alpha value is -7.85. The van der Waals surface area contributed by atoms with E-state index < -0.39 is 118 Å². The molecule has 22 heteroatoms. The third-order valence-corrected chi connectivity index (χ3v) is 13.2. The molecule has 0 aliphatic carbocycles. The number of rotatable bonds is 19. The highest BCUT2D eigenvalue weighted by Gasteiger charge is 2.53. The summed E-state index contributed by atoms with van der Waals surface area (Å²) in [6.45, 7) is 5.28. The third kappa shape index (κ3) is 13.5. The molecule has 0 N–H and O–H groups in total. The fourth-order valence-corrected chi connectivity index (χ4v) is 9.48. The Balaban J connectivity index is 1.31. The predicted molar refractivity (Wildman–Crippen MR) is 259 cm³/mol. The number of hydrogen-bond acceptors (Lipinski definition) is 16.